The maximum Gasteiger partial charge on any atom is 0.0807 e. The third kappa shape index (κ3) is 3.45. The second-order valence-corrected chi connectivity index (χ2v) is 6.11. The van der Waals surface area contributed by atoms with Gasteiger partial charge in [0.25, 0.3) is 0 Å². The van der Waals surface area contributed by atoms with E-state index >= 15 is 0 Å². The first-order valence-corrected chi connectivity index (χ1v) is 7.62. The molecule has 1 aliphatic heterocycles. The van der Waals surface area contributed by atoms with Crippen molar-refractivity contribution in [1.82, 2.24) is 5.32 Å². The molecule has 2 fully saturated rings. The number of likely N-dealkylation sites (N-methyl/N-ethyl adjacent to an activating group) is 1. The Kier molecular flexibility index (Phi) is 4.87. The second-order valence-electron chi connectivity index (χ2n) is 6.11. The first kappa shape index (κ1) is 13.4. The van der Waals surface area contributed by atoms with Gasteiger partial charge in [-0.25, -0.2) is 0 Å². The van der Waals surface area contributed by atoms with E-state index < -0.39 is 0 Å². The van der Waals surface area contributed by atoms with Crippen LogP contribution in [0.15, 0.2) is 0 Å². The smallest absolute Gasteiger partial charge is 0.0807 e. The molecule has 0 radical (unpaired) electrons. The Hall–Kier alpha value is -0.0800. The van der Waals surface area contributed by atoms with Crippen LogP contribution in [0.4, 0.5) is 0 Å². The molecule has 17 heavy (non-hydrogen) atoms. The standard InChI is InChI=1S/C15H29NO/c1-3-16-14(15(2)10-7-11-17-15)12-13-8-5-4-6-9-13/h13-14,16H,3-12H2,1-2H3. The summed E-state index contributed by atoms with van der Waals surface area (Å²) in [4.78, 5) is 0. The van der Waals surface area contributed by atoms with E-state index in [-0.39, 0.29) is 5.60 Å². The Morgan fingerprint density at radius 3 is 2.59 bits per heavy atom. The van der Waals surface area contributed by atoms with Crippen LogP contribution in [0.1, 0.15) is 65.2 Å². The van der Waals surface area contributed by atoms with Crippen molar-refractivity contribution in [2.24, 2.45) is 5.92 Å². The van der Waals surface area contributed by atoms with Crippen LogP contribution in [-0.2, 0) is 4.74 Å². The van der Waals surface area contributed by atoms with Gasteiger partial charge in [-0.1, -0.05) is 39.0 Å². The molecule has 0 amide bonds. The normalized spacial score (nSPS) is 32.8. The Bertz CT molecular complexity index is 217. The Morgan fingerprint density at radius 1 is 1.24 bits per heavy atom. The van der Waals surface area contributed by atoms with E-state index in [0.29, 0.717) is 6.04 Å². The zero-order chi connectivity index (χ0) is 12.1. The third-order valence-corrected chi connectivity index (χ3v) is 4.73. The molecule has 1 heterocycles. The van der Waals surface area contributed by atoms with Gasteiger partial charge >= 0.3 is 0 Å². The molecular formula is C15H29NO. The first-order valence-electron chi connectivity index (χ1n) is 7.62. The zero-order valence-corrected chi connectivity index (χ0v) is 11.6. The van der Waals surface area contributed by atoms with Crippen LogP contribution < -0.4 is 5.32 Å². The Morgan fingerprint density at radius 2 is 2.00 bits per heavy atom. The lowest BCUT2D eigenvalue weighted by Crippen LogP contribution is -2.49. The minimum Gasteiger partial charge on any atom is -0.374 e. The van der Waals surface area contributed by atoms with E-state index in [2.05, 4.69) is 19.2 Å². The fourth-order valence-corrected chi connectivity index (χ4v) is 3.63. The van der Waals surface area contributed by atoms with Crippen LogP contribution in [0.5, 0.6) is 0 Å². The van der Waals surface area contributed by atoms with E-state index in [9.17, 15) is 0 Å². The lowest BCUT2D eigenvalue weighted by molar-refractivity contribution is -0.0190. The number of rotatable bonds is 5. The van der Waals surface area contributed by atoms with Gasteiger partial charge in [0.15, 0.2) is 0 Å². The highest BCUT2D eigenvalue weighted by molar-refractivity contribution is 4.93. The van der Waals surface area contributed by atoms with Crippen LogP contribution in [0.2, 0.25) is 0 Å². The van der Waals surface area contributed by atoms with Gasteiger partial charge in [-0.2, -0.15) is 0 Å². The number of hydrogen-bond acceptors (Lipinski definition) is 2. The fourth-order valence-electron chi connectivity index (χ4n) is 3.63. The van der Waals surface area contributed by atoms with E-state index in [0.717, 1.165) is 19.1 Å². The quantitative estimate of drug-likeness (QED) is 0.793. The maximum atomic E-state index is 6.03. The molecule has 1 saturated heterocycles. The zero-order valence-electron chi connectivity index (χ0n) is 11.6. The van der Waals surface area contributed by atoms with Crippen LogP contribution >= 0.6 is 0 Å². The maximum absolute atomic E-state index is 6.03. The molecule has 1 N–H and O–H groups in total. The molecule has 2 unspecified atom stereocenters. The largest absolute Gasteiger partial charge is 0.374 e. The summed E-state index contributed by atoms with van der Waals surface area (Å²) in [6.07, 6.45) is 11.0. The molecule has 1 aliphatic carbocycles. The lowest BCUT2D eigenvalue weighted by Gasteiger charge is -2.37. The number of ether oxygens (including phenoxy) is 1. The van der Waals surface area contributed by atoms with Crippen LogP contribution in [0, 0.1) is 5.92 Å². The minimum atomic E-state index is 0.105. The molecule has 1 saturated carbocycles. The summed E-state index contributed by atoms with van der Waals surface area (Å²) in [6, 6.07) is 0.568. The molecule has 2 atom stereocenters. The summed E-state index contributed by atoms with van der Waals surface area (Å²) >= 11 is 0. The molecule has 100 valence electrons. The highest BCUT2D eigenvalue weighted by Gasteiger charge is 2.38. The monoisotopic (exact) mass is 239 g/mol. The minimum absolute atomic E-state index is 0.105. The van der Waals surface area contributed by atoms with Crippen molar-refractivity contribution in [3.63, 3.8) is 0 Å². The van der Waals surface area contributed by atoms with Crippen molar-refractivity contribution >= 4 is 0 Å². The van der Waals surface area contributed by atoms with Crippen molar-refractivity contribution in [2.45, 2.75) is 76.9 Å². The van der Waals surface area contributed by atoms with E-state index in [1.807, 2.05) is 0 Å². The van der Waals surface area contributed by atoms with Gasteiger partial charge in [0.2, 0.25) is 0 Å². The average molecular weight is 239 g/mol. The number of nitrogens with one attached hydrogen (secondary N) is 1. The van der Waals surface area contributed by atoms with Gasteiger partial charge in [-0.15, -0.1) is 0 Å². The van der Waals surface area contributed by atoms with Crippen molar-refractivity contribution < 1.29 is 4.74 Å². The molecule has 2 heteroatoms. The van der Waals surface area contributed by atoms with Crippen molar-refractivity contribution in [3.05, 3.63) is 0 Å². The molecule has 0 aromatic heterocycles. The molecule has 2 rings (SSSR count). The van der Waals surface area contributed by atoms with Crippen molar-refractivity contribution in [2.75, 3.05) is 13.2 Å². The van der Waals surface area contributed by atoms with E-state index in [1.165, 1.54) is 51.4 Å². The third-order valence-electron chi connectivity index (χ3n) is 4.73. The summed E-state index contributed by atoms with van der Waals surface area (Å²) in [5, 5.41) is 3.69. The van der Waals surface area contributed by atoms with Gasteiger partial charge in [0, 0.05) is 12.6 Å². The van der Waals surface area contributed by atoms with Crippen LogP contribution in [0.25, 0.3) is 0 Å². The van der Waals surface area contributed by atoms with Crippen molar-refractivity contribution in [1.29, 1.82) is 0 Å². The van der Waals surface area contributed by atoms with Gasteiger partial charge in [0.1, 0.15) is 0 Å². The molecule has 2 nitrogen and oxygen atoms in total. The molecule has 0 bridgehead atoms. The van der Waals surface area contributed by atoms with E-state index in [1.54, 1.807) is 0 Å². The number of hydrogen-bond donors (Lipinski definition) is 1. The average Bonchev–Trinajstić information content (AvgIpc) is 2.78. The predicted molar refractivity (Wildman–Crippen MR) is 72.2 cm³/mol. The highest BCUT2D eigenvalue weighted by atomic mass is 16.5. The summed E-state index contributed by atoms with van der Waals surface area (Å²) < 4.78 is 6.03. The molecule has 2 aliphatic rings. The van der Waals surface area contributed by atoms with Gasteiger partial charge in [-0.3, -0.25) is 0 Å². The van der Waals surface area contributed by atoms with Gasteiger partial charge in [0.05, 0.1) is 5.60 Å². The second kappa shape index (κ2) is 6.19. The first-order chi connectivity index (χ1) is 8.24. The van der Waals surface area contributed by atoms with Gasteiger partial charge in [-0.05, 0) is 38.6 Å². The molecule has 0 spiro atoms. The topological polar surface area (TPSA) is 21.3 Å². The van der Waals surface area contributed by atoms with Crippen LogP contribution in [-0.4, -0.2) is 24.8 Å². The summed E-state index contributed by atoms with van der Waals surface area (Å²) in [7, 11) is 0. The Balaban J connectivity index is 1.91. The molecule has 0 aromatic carbocycles. The fraction of sp³-hybridized carbons (Fsp3) is 1.00. The predicted octanol–water partition coefficient (Wildman–Crippen LogP) is 3.50. The van der Waals surface area contributed by atoms with Crippen LogP contribution in [0.3, 0.4) is 0 Å². The highest BCUT2D eigenvalue weighted by Crippen LogP contribution is 2.35. The van der Waals surface area contributed by atoms with E-state index in [4.69, 9.17) is 4.74 Å². The SMILES string of the molecule is CCNC(CC1CCCCC1)C1(C)CCCO1. The van der Waals surface area contributed by atoms with Gasteiger partial charge < -0.3 is 10.1 Å². The molecule has 0 aromatic rings. The summed E-state index contributed by atoms with van der Waals surface area (Å²) in [5.74, 6) is 0.939. The van der Waals surface area contributed by atoms with Crippen molar-refractivity contribution in [3.8, 4) is 0 Å². The summed E-state index contributed by atoms with van der Waals surface area (Å²) in [6.45, 7) is 6.56. The summed E-state index contributed by atoms with van der Waals surface area (Å²) in [5.41, 5.74) is 0.105. The molecular weight excluding hydrogens is 210 g/mol. The lowest BCUT2D eigenvalue weighted by atomic mass is 9.80. The Labute approximate surface area is 107 Å².